The van der Waals surface area contributed by atoms with Crippen molar-refractivity contribution in [1.29, 1.82) is 5.26 Å². The Morgan fingerprint density at radius 1 is 1.25 bits per heavy atom. The summed E-state index contributed by atoms with van der Waals surface area (Å²) in [6, 6.07) is 4.29. The van der Waals surface area contributed by atoms with Gasteiger partial charge in [-0.1, -0.05) is 0 Å². The highest BCUT2D eigenvalue weighted by molar-refractivity contribution is 5.89. The fourth-order valence-electron chi connectivity index (χ4n) is 4.26. The highest BCUT2D eigenvalue weighted by Gasteiger charge is 2.33. The molecule has 0 spiro atoms. The standard InChI is InChI=1S/C21H17F3N8/c22-15-7-16(23)21(30-19(15)24)31-6-3-12(9-31)17(1-4-25)32-10-13(8-29-32)18-14-2-5-26-20(14)28-11-27-18/h2,5,7-8,10-12,17H,1,3,6,9H2,(H,26,27,28). The van der Waals surface area contributed by atoms with Gasteiger partial charge in [-0.15, -0.1) is 0 Å². The van der Waals surface area contributed by atoms with E-state index in [0.29, 0.717) is 31.2 Å². The molecular formula is C21H17F3N8. The van der Waals surface area contributed by atoms with E-state index >= 15 is 0 Å². The van der Waals surface area contributed by atoms with E-state index in [0.717, 1.165) is 16.6 Å². The average molecular weight is 438 g/mol. The third-order valence-electron chi connectivity index (χ3n) is 5.81. The SMILES string of the molecule is N#CCC(C1CCN(c2nc(F)c(F)cc2F)C1)n1cc(-c2ncnc3[nH]ccc23)cn1. The van der Waals surface area contributed by atoms with Gasteiger partial charge in [-0.25, -0.2) is 18.7 Å². The van der Waals surface area contributed by atoms with Gasteiger partial charge in [0.15, 0.2) is 17.5 Å². The Kier molecular flexibility index (Phi) is 4.97. The van der Waals surface area contributed by atoms with Crippen molar-refractivity contribution in [2.75, 3.05) is 18.0 Å². The van der Waals surface area contributed by atoms with Crippen LogP contribution < -0.4 is 4.90 Å². The summed E-state index contributed by atoms with van der Waals surface area (Å²) in [5, 5.41) is 14.7. The van der Waals surface area contributed by atoms with Gasteiger partial charge in [0.2, 0.25) is 0 Å². The number of nitrogens with zero attached hydrogens (tertiary/aromatic N) is 7. The molecule has 4 aromatic rings. The van der Waals surface area contributed by atoms with Crippen LogP contribution in [-0.2, 0) is 0 Å². The van der Waals surface area contributed by atoms with E-state index in [1.165, 1.54) is 6.33 Å². The van der Waals surface area contributed by atoms with Crippen molar-refractivity contribution in [3.63, 3.8) is 0 Å². The van der Waals surface area contributed by atoms with Crippen molar-refractivity contribution in [3.05, 3.63) is 54.6 Å². The van der Waals surface area contributed by atoms with E-state index in [4.69, 9.17) is 0 Å². The first-order valence-corrected chi connectivity index (χ1v) is 10.0. The number of hydrogen-bond acceptors (Lipinski definition) is 6. The molecule has 11 heteroatoms. The van der Waals surface area contributed by atoms with Gasteiger partial charge in [0.1, 0.15) is 12.0 Å². The minimum atomic E-state index is -1.34. The van der Waals surface area contributed by atoms with E-state index < -0.39 is 17.6 Å². The summed E-state index contributed by atoms with van der Waals surface area (Å²) in [5.74, 6) is -3.86. The van der Waals surface area contributed by atoms with Gasteiger partial charge < -0.3 is 9.88 Å². The summed E-state index contributed by atoms with van der Waals surface area (Å²) in [5.41, 5.74) is 2.21. The normalized spacial score (nSPS) is 17.1. The number of anilines is 1. The van der Waals surface area contributed by atoms with Crippen LogP contribution in [-0.4, -0.2) is 42.8 Å². The fourth-order valence-corrected chi connectivity index (χ4v) is 4.26. The average Bonchev–Trinajstić information content (AvgIpc) is 3.54. The zero-order valence-electron chi connectivity index (χ0n) is 16.7. The van der Waals surface area contributed by atoms with Crippen LogP contribution in [0.4, 0.5) is 19.0 Å². The van der Waals surface area contributed by atoms with Gasteiger partial charge in [0.25, 0.3) is 5.95 Å². The highest BCUT2D eigenvalue weighted by Crippen LogP contribution is 2.34. The van der Waals surface area contributed by atoms with E-state index in [9.17, 15) is 18.4 Å². The van der Waals surface area contributed by atoms with Gasteiger partial charge in [0.05, 0.1) is 30.4 Å². The highest BCUT2D eigenvalue weighted by atomic mass is 19.2. The second-order valence-corrected chi connectivity index (χ2v) is 7.66. The smallest absolute Gasteiger partial charge is 0.251 e. The number of hydrogen-bond donors (Lipinski definition) is 1. The van der Waals surface area contributed by atoms with Crippen molar-refractivity contribution >= 4 is 16.9 Å². The van der Waals surface area contributed by atoms with Gasteiger partial charge in [-0.05, 0) is 12.5 Å². The summed E-state index contributed by atoms with van der Waals surface area (Å²) < 4.78 is 42.7. The van der Waals surface area contributed by atoms with Crippen LogP contribution in [0.15, 0.2) is 37.1 Å². The first kappa shape index (κ1) is 20.0. The predicted octanol–water partition coefficient (Wildman–Crippen LogP) is 3.61. The number of nitriles is 1. The number of pyridine rings is 1. The van der Waals surface area contributed by atoms with Crippen molar-refractivity contribution in [2.24, 2.45) is 5.92 Å². The number of fused-ring (bicyclic) bond motifs is 1. The third-order valence-corrected chi connectivity index (χ3v) is 5.81. The van der Waals surface area contributed by atoms with Crippen molar-refractivity contribution in [1.82, 2.24) is 29.7 Å². The van der Waals surface area contributed by atoms with E-state index in [2.05, 4.69) is 31.1 Å². The molecule has 0 bridgehead atoms. The summed E-state index contributed by atoms with van der Waals surface area (Å²) in [7, 11) is 0. The molecule has 1 N–H and O–H groups in total. The molecule has 0 saturated carbocycles. The van der Waals surface area contributed by atoms with Gasteiger partial charge in [0, 0.05) is 48.4 Å². The second-order valence-electron chi connectivity index (χ2n) is 7.66. The lowest BCUT2D eigenvalue weighted by atomic mass is 9.96. The van der Waals surface area contributed by atoms with Crippen LogP contribution >= 0.6 is 0 Å². The summed E-state index contributed by atoms with van der Waals surface area (Å²) in [6.45, 7) is 0.748. The Labute approximate surface area is 180 Å². The number of nitrogens with one attached hydrogen (secondary N) is 1. The molecule has 4 aromatic heterocycles. The minimum absolute atomic E-state index is 0.0607. The maximum Gasteiger partial charge on any atom is 0.251 e. The lowest BCUT2D eigenvalue weighted by Crippen LogP contribution is -2.26. The first-order valence-electron chi connectivity index (χ1n) is 10.0. The van der Waals surface area contributed by atoms with E-state index in [1.54, 1.807) is 22.0 Å². The van der Waals surface area contributed by atoms with Crippen molar-refractivity contribution in [3.8, 4) is 17.3 Å². The molecule has 2 unspecified atom stereocenters. The Bertz CT molecular complexity index is 1320. The molecular weight excluding hydrogens is 421 g/mol. The fraction of sp³-hybridized carbons (Fsp3) is 0.286. The van der Waals surface area contributed by atoms with Crippen LogP contribution in [0, 0.1) is 34.8 Å². The maximum atomic E-state index is 14.2. The van der Waals surface area contributed by atoms with Gasteiger partial charge in [-0.2, -0.15) is 19.7 Å². The molecule has 5 heterocycles. The molecule has 5 rings (SSSR count). The second kappa shape index (κ2) is 7.96. The Morgan fingerprint density at radius 3 is 2.97 bits per heavy atom. The van der Waals surface area contributed by atoms with Crippen LogP contribution in [0.25, 0.3) is 22.3 Å². The third kappa shape index (κ3) is 3.43. The van der Waals surface area contributed by atoms with Crippen LogP contribution in [0.3, 0.4) is 0 Å². The van der Waals surface area contributed by atoms with Crippen LogP contribution in [0.5, 0.6) is 0 Å². The van der Waals surface area contributed by atoms with Gasteiger partial charge >= 0.3 is 0 Å². The molecule has 162 valence electrons. The Morgan fingerprint density at radius 2 is 2.12 bits per heavy atom. The number of rotatable bonds is 5. The molecule has 8 nitrogen and oxygen atoms in total. The van der Waals surface area contributed by atoms with E-state index in [-0.39, 0.29) is 24.2 Å². The molecule has 0 amide bonds. The quantitative estimate of drug-likeness (QED) is 0.478. The molecule has 0 radical (unpaired) electrons. The summed E-state index contributed by atoms with van der Waals surface area (Å²) in [4.78, 5) is 16.6. The minimum Gasteiger partial charge on any atom is -0.354 e. The number of halogens is 3. The molecule has 1 fully saturated rings. The van der Waals surface area contributed by atoms with Crippen molar-refractivity contribution < 1.29 is 13.2 Å². The summed E-state index contributed by atoms with van der Waals surface area (Å²) >= 11 is 0. The Balaban J connectivity index is 1.41. The molecule has 2 atom stereocenters. The molecule has 0 aromatic carbocycles. The zero-order chi connectivity index (χ0) is 22.2. The maximum absolute atomic E-state index is 14.2. The largest absolute Gasteiger partial charge is 0.354 e. The Hall–Kier alpha value is -3.94. The van der Waals surface area contributed by atoms with Gasteiger partial charge in [-0.3, -0.25) is 4.68 Å². The first-order chi connectivity index (χ1) is 15.5. The summed E-state index contributed by atoms with van der Waals surface area (Å²) in [6.07, 6.45) is 7.58. The van der Waals surface area contributed by atoms with Crippen molar-refractivity contribution in [2.45, 2.75) is 18.9 Å². The molecule has 0 aliphatic carbocycles. The number of aromatic nitrogens is 6. The number of H-pyrrole nitrogens is 1. The molecule has 1 saturated heterocycles. The monoisotopic (exact) mass is 438 g/mol. The zero-order valence-corrected chi connectivity index (χ0v) is 16.7. The van der Waals surface area contributed by atoms with E-state index in [1.807, 2.05) is 12.3 Å². The molecule has 1 aliphatic heterocycles. The lowest BCUT2D eigenvalue weighted by Gasteiger charge is -2.23. The molecule has 32 heavy (non-hydrogen) atoms. The van der Waals surface area contributed by atoms with Crippen LogP contribution in [0.2, 0.25) is 0 Å². The molecule has 1 aliphatic rings. The predicted molar refractivity (Wildman–Crippen MR) is 109 cm³/mol. The number of aromatic amines is 1. The topological polar surface area (TPSA) is 99.3 Å². The lowest BCUT2D eigenvalue weighted by molar-refractivity contribution is 0.331. The van der Waals surface area contributed by atoms with Crippen LogP contribution in [0.1, 0.15) is 18.9 Å².